The summed E-state index contributed by atoms with van der Waals surface area (Å²) in [5.74, 6) is 1.03. The third-order valence-corrected chi connectivity index (χ3v) is 8.09. The summed E-state index contributed by atoms with van der Waals surface area (Å²) < 4.78 is 32.9. The number of para-hydroxylation sites is 1. The van der Waals surface area contributed by atoms with E-state index in [1.165, 1.54) is 17.4 Å². The minimum absolute atomic E-state index is 0.0935. The Labute approximate surface area is 178 Å². The summed E-state index contributed by atoms with van der Waals surface area (Å²) in [4.78, 5) is 15.1. The Morgan fingerprint density at radius 2 is 1.73 bits per heavy atom. The zero-order valence-corrected chi connectivity index (χ0v) is 18.1. The summed E-state index contributed by atoms with van der Waals surface area (Å²) >= 11 is 0. The SMILES string of the molecule is CN(c1ccccc1)S(=O)(=O)c1cccc(C(=O)N2CC[C@H](C3CCOCC3)C2)c1. The Morgan fingerprint density at radius 1 is 1.00 bits per heavy atom. The summed E-state index contributed by atoms with van der Waals surface area (Å²) in [6.07, 6.45) is 3.13. The van der Waals surface area contributed by atoms with Gasteiger partial charge in [-0.15, -0.1) is 0 Å². The molecule has 0 aromatic heterocycles. The van der Waals surface area contributed by atoms with Crippen molar-refractivity contribution in [1.82, 2.24) is 4.90 Å². The lowest BCUT2D eigenvalue weighted by molar-refractivity contribution is 0.0471. The predicted octanol–water partition coefficient (Wildman–Crippen LogP) is 3.40. The van der Waals surface area contributed by atoms with Crippen molar-refractivity contribution in [2.45, 2.75) is 24.2 Å². The van der Waals surface area contributed by atoms with E-state index in [0.717, 1.165) is 45.6 Å². The Bertz CT molecular complexity index is 987. The van der Waals surface area contributed by atoms with Gasteiger partial charge in [-0.25, -0.2) is 8.42 Å². The topological polar surface area (TPSA) is 66.9 Å². The van der Waals surface area contributed by atoms with Gasteiger partial charge in [-0.3, -0.25) is 9.10 Å². The van der Waals surface area contributed by atoms with Gasteiger partial charge in [-0.2, -0.15) is 0 Å². The van der Waals surface area contributed by atoms with Crippen molar-refractivity contribution in [2.75, 3.05) is 37.7 Å². The van der Waals surface area contributed by atoms with Gasteiger partial charge in [-0.05, 0) is 61.4 Å². The highest BCUT2D eigenvalue weighted by Gasteiger charge is 2.33. The molecule has 2 aromatic rings. The molecule has 2 aliphatic rings. The molecule has 1 amide bonds. The monoisotopic (exact) mass is 428 g/mol. The van der Waals surface area contributed by atoms with Gasteiger partial charge in [0.2, 0.25) is 0 Å². The van der Waals surface area contributed by atoms with E-state index < -0.39 is 10.0 Å². The summed E-state index contributed by atoms with van der Waals surface area (Å²) in [5.41, 5.74) is 0.998. The summed E-state index contributed by atoms with van der Waals surface area (Å²) in [7, 11) is -2.22. The van der Waals surface area contributed by atoms with Crippen LogP contribution >= 0.6 is 0 Å². The molecule has 2 fully saturated rings. The fourth-order valence-electron chi connectivity index (χ4n) is 4.45. The van der Waals surface area contributed by atoms with Gasteiger partial charge >= 0.3 is 0 Å². The molecule has 0 bridgehead atoms. The minimum atomic E-state index is -3.75. The first kappa shape index (κ1) is 20.9. The number of carbonyl (C=O) groups is 1. The number of anilines is 1. The molecule has 30 heavy (non-hydrogen) atoms. The van der Waals surface area contributed by atoms with Gasteiger partial charge in [0.15, 0.2) is 0 Å². The van der Waals surface area contributed by atoms with Gasteiger partial charge in [0.25, 0.3) is 15.9 Å². The molecular formula is C23H28N2O4S. The highest BCUT2D eigenvalue weighted by Crippen LogP contribution is 2.32. The average molecular weight is 429 g/mol. The van der Waals surface area contributed by atoms with Crippen molar-refractivity contribution in [3.63, 3.8) is 0 Å². The van der Waals surface area contributed by atoms with Crippen molar-refractivity contribution < 1.29 is 17.9 Å². The van der Waals surface area contributed by atoms with E-state index in [-0.39, 0.29) is 10.8 Å². The molecule has 4 rings (SSSR count). The number of hydrogen-bond donors (Lipinski definition) is 0. The molecule has 0 N–H and O–H groups in total. The third-order valence-electron chi connectivity index (χ3n) is 6.30. The molecule has 0 radical (unpaired) electrons. The van der Waals surface area contributed by atoms with E-state index in [1.807, 2.05) is 11.0 Å². The molecule has 7 heteroatoms. The van der Waals surface area contributed by atoms with Crippen LogP contribution in [0.3, 0.4) is 0 Å². The minimum Gasteiger partial charge on any atom is -0.381 e. The molecule has 6 nitrogen and oxygen atoms in total. The maximum atomic E-state index is 13.1. The van der Waals surface area contributed by atoms with E-state index in [2.05, 4.69) is 0 Å². The van der Waals surface area contributed by atoms with Gasteiger partial charge in [0, 0.05) is 38.9 Å². The number of nitrogens with zero attached hydrogens (tertiary/aromatic N) is 2. The van der Waals surface area contributed by atoms with Crippen LogP contribution in [-0.2, 0) is 14.8 Å². The fourth-order valence-corrected chi connectivity index (χ4v) is 5.69. The van der Waals surface area contributed by atoms with Crippen LogP contribution < -0.4 is 4.31 Å². The Balaban J connectivity index is 1.50. The molecule has 2 saturated heterocycles. The summed E-state index contributed by atoms with van der Waals surface area (Å²) in [5, 5.41) is 0. The number of sulfonamides is 1. The van der Waals surface area contributed by atoms with E-state index in [9.17, 15) is 13.2 Å². The molecule has 0 aliphatic carbocycles. The summed E-state index contributed by atoms with van der Waals surface area (Å²) in [6, 6.07) is 15.3. The standard InChI is InChI=1S/C23H28N2O4S/c1-24(21-7-3-2-4-8-21)30(27,28)22-9-5-6-19(16-22)23(26)25-13-10-20(17-25)18-11-14-29-15-12-18/h2-9,16,18,20H,10-15,17H2,1H3/t20-/m0/s1. The van der Waals surface area contributed by atoms with Gasteiger partial charge in [0.1, 0.15) is 0 Å². The smallest absolute Gasteiger partial charge is 0.264 e. The van der Waals surface area contributed by atoms with Gasteiger partial charge < -0.3 is 9.64 Å². The van der Waals surface area contributed by atoms with E-state index in [1.54, 1.807) is 42.5 Å². The van der Waals surface area contributed by atoms with E-state index in [4.69, 9.17) is 4.74 Å². The maximum Gasteiger partial charge on any atom is 0.264 e. The molecule has 160 valence electrons. The Kier molecular flexibility index (Phi) is 6.11. The van der Waals surface area contributed by atoms with E-state index in [0.29, 0.717) is 23.1 Å². The fraction of sp³-hybridized carbons (Fsp3) is 0.435. The third kappa shape index (κ3) is 4.23. The molecular weight excluding hydrogens is 400 g/mol. The zero-order valence-electron chi connectivity index (χ0n) is 17.2. The second-order valence-corrected chi connectivity index (χ2v) is 10.1. The number of hydrogen-bond acceptors (Lipinski definition) is 4. The lowest BCUT2D eigenvalue weighted by Crippen LogP contribution is -2.31. The van der Waals surface area contributed by atoms with Crippen LogP contribution in [0.4, 0.5) is 5.69 Å². The van der Waals surface area contributed by atoms with Gasteiger partial charge in [0.05, 0.1) is 10.6 Å². The number of rotatable bonds is 5. The number of ether oxygens (including phenoxy) is 1. The number of amides is 1. The van der Waals surface area contributed by atoms with Crippen LogP contribution in [-0.4, -0.2) is 52.6 Å². The van der Waals surface area contributed by atoms with Crippen molar-refractivity contribution in [3.8, 4) is 0 Å². The van der Waals surface area contributed by atoms with Crippen LogP contribution in [0, 0.1) is 11.8 Å². The van der Waals surface area contributed by atoms with Crippen LogP contribution in [0.1, 0.15) is 29.6 Å². The molecule has 0 unspecified atom stereocenters. The quantitative estimate of drug-likeness (QED) is 0.732. The highest BCUT2D eigenvalue weighted by atomic mass is 32.2. The van der Waals surface area contributed by atoms with Crippen molar-refractivity contribution in [1.29, 1.82) is 0 Å². The lowest BCUT2D eigenvalue weighted by Gasteiger charge is -2.27. The van der Waals surface area contributed by atoms with Crippen molar-refractivity contribution in [2.24, 2.45) is 11.8 Å². The Hall–Kier alpha value is -2.38. The van der Waals surface area contributed by atoms with Crippen LogP contribution in [0.15, 0.2) is 59.5 Å². The second kappa shape index (κ2) is 8.78. The first-order valence-corrected chi connectivity index (χ1v) is 11.9. The van der Waals surface area contributed by atoms with Crippen LogP contribution in [0.25, 0.3) is 0 Å². The molecule has 2 aliphatic heterocycles. The number of carbonyl (C=O) groups excluding carboxylic acids is 1. The first-order chi connectivity index (χ1) is 14.5. The normalized spacial score (nSPS) is 20.3. The lowest BCUT2D eigenvalue weighted by atomic mass is 9.85. The molecule has 2 heterocycles. The maximum absolute atomic E-state index is 13.1. The van der Waals surface area contributed by atoms with Crippen molar-refractivity contribution >= 4 is 21.6 Å². The number of likely N-dealkylation sites (tertiary alicyclic amines) is 1. The predicted molar refractivity (Wildman–Crippen MR) is 116 cm³/mol. The van der Waals surface area contributed by atoms with Crippen LogP contribution in [0.5, 0.6) is 0 Å². The van der Waals surface area contributed by atoms with Crippen molar-refractivity contribution in [3.05, 3.63) is 60.2 Å². The second-order valence-electron chi connectivity index (χ2n) is 8.09. The Morgan fingerprint density at radius 3 is 2.47 bits per heavy atom. The zero-order chi connectivity index (χ0) is 21.1. The molecule has 0 spiro atoms. The van der Waals surface area contributed by atoms with Gasteiger partial charge in [-0.1, -0.05) is 24.3 Å². The number of benzene rings is 2. The average Bonchev–Trinajstić information content (AvgIpc) is 3.29. The molecule has 1 atom stereocenters. The molecule has 2 aromatic carbocycles. The largest absolute Gasteiger partial charge is 0.381 e. The van der Waals surface area contributed by atoms with Crippen LogP contribution in [0.2, 0.25) is 0 Å². The summed E-state index contributed by atoms with van der Waals surface area (Å²) in [6.45, 7) is 3.08. The molecule has 0 saturated carbocycles. The van der Waals surface area contributed by atoms with E-state index >= 15 is 0 Å². The first-order valence-electron chi connectivity index (χ1n) is 10.5. The highest BCUT2D eigenvalue weighted by molar-refractivity contribution is 7.92.